The number of benzene rings is 1. The summed E-state index contributed by atoms with van der Waals surface area (Å²) in [6.07, 6.45) is -0.289. The summed E-state index contributed by atoms with van der Waals surface area (Å²) in [5.41, 5.74) is 0.163. The van der Waals surface area contributed by atoms with E-state index in [9.17, 15) is 26.4 Å². The van der Waals surface area contributed by atoms with E-state index in [0.717, 1.165) is 14.2 Å². The highest BCUT2D eigenvalue weighted by molar-refractivity contribution is 8.11. The van der Waals surface area contributed by atoms with Crippen molar-refractivity contribution in [3.8, 4) is 5.75 Å². The Morgan fingerprint density at radius 3 is 1.67 bits per heavy atom. The number of sulfone groups is 2. The molecule has 0 bridgehead atoms. The molecule has 1 aliphatic rings. The fraction of sp³-hybridized carbons (Fsp3) is 0.619. The first-order chi connectivity index (χ1) is 15.5. The fourth-order valence-electron chi connectivity index (χ4n) is 4.21. The molecule has 1 aromatic carbocycles. The van der Waals surface area contributed by atoms with Crippen LogP contribution in [-0.4, -0.2) is 89.7 Å². The van der Waals surface area contributed by atoms with Gasteiger partial charge >= 0.3 is 11.9 Å². The zero-order valence-electron chi connectivity index (χ0n) is 19.4. The van der Waals surface area contributed by atoms with E-state index >= 15 is 0 Å². The highest BCUT2D eigenvalue weighted by atomic mass is 32.3. The van der Waals surface area contributed by atoms with Crippen molar-refractivity contribution < 1.29 is 40.6 Å². The molecule has 1 saturated heterocycles. The van der Waals surface area contributed by atoms with Gasteiger partial charge in [0.1, 0.15) is 5.75 Å². The molecular formula is C21H31NO9S2. The van der Waals surface area contributed by atoms with Crippen LogP contribution in [0.25, 0.3) is 0 Å². The van der Waals surface area contributed by atoms with E-state index in [4.69, 9.17) is 14.2 Å². The van der Waals surface area contributed by atoms with Crippen LogP contribution in [0.2, 0.25) is 0 Å². The molecular weight excluding hydrogens is 474 g/mol. The van der Waals surface area contributed by atoms with Crippen molar-refractivity contribution in [1.29, 1.82) is 0 Å². The van der Waals surface area contributed by atoms with Crippen molar-refractivity contribution in [3.63, 3.8) is 0 Å². The van der Waals surface area contributed by atoms with E-state index in [2.05, 4.69) is 0 Å². The zero-order valence-corrected chi connectivity index (χ0v) is 21.0. The number of ether oxygens (including phenoxy) is 3. The quantitative estimate of drug-likeness (QED) is 0.443. The molecule has 10 nitrogen and oxygen atoms in total. The minimum Gasteiger partial charge on any atom is -0.497 e. The Hall–Kier alpha value is -2.18. The molecule has 33 heavy (non-hydrogen) atoms. The van der Waals surface area contributed by atoms with Crippen LogP contribution < -0.4 is 4.74 Å². The maximum atomic E-state index is 13.6. The molecule has 0 N–H and O–H groups in total. The summed E-state index contributed by atoms with van der Waals surface area (Å²) in [5, 5.41) is -3.80. The number of carbonyl (C=O) groups is 2. The molecule has 0 saturated carbocycles. The minimum absolute atomic E-state index is 0.158. The lowest BCUT2D eigenvalue weighted by Gasteiger charge is -2.39. The van der Waals surface area contributed by atoms with Crippen LogP contribution in [0, 0.1) is 0 Å². The van der Waals surface area contributed by atoms with E-state index in [1.54, 1.807) is 0 Å². The molecule has 1 aliphatic heterocycles. The van der Waals surface area contributed by atoms with Crippen molar-refractivity contribution >= 4 is 31.6 Å². The van der Waals surface area contributed by atoms with Gasteiger partial charge in [0, 0.05) is 12.5 Å². The zero-order chi connectivity index (χ0) is 25.0. The van der Waals surface area contributed by atoms with Gasteiger partial charge in [-0.15, -0.1) is 0 Å². The average Bonchev–Trinajstić information content (AvgIpc) is 2.79. The fourth-order valence-corrected chi connectivity index (χ4v) is 10.2. The standard InChI is InChI=1S/C21H31NO9S2/c1-6-22(7-2)13-12-16-32(25,26)18(20(23)30-4)17(14-8-10-15(29-3)11-9-14)19(21(24)31-5)33(16,27)28/h8-11,16-19H,6-7,12-13H2,1-5H3/t16?,17?,18-,19-/m1/s1. The SMILES string of the molecule is CCN(CC)CCC1S(=O)(=O)[C@@H](C(=O)OC)C(c2ccc(OC)cc2)[C@H](C(=O)OC)S1(=O)=O. The maximum absolute atomic E-state index is 13.6. The smallest absolute Gasteiger partial charge is 0.324 e. The molecule has 0 spiro atoms. The Kier molecular flexibility index (Phi) is 8.88. The molecule has 1 heterocycles. The second-order valence-corrected chi connectivity index (χ2v) is 12.4. The second kappa shape index (κ2) is 10.8. The van der Waals surface area contributed by atoms with Gasteiger partial charge in [0.2, 0.25) is 0 Å². The summed E-state index contributed by atoms with van der Waals surface area (Å²) in [6, 6.07) is 5.83. The van der Waals surface area contributed by atoms with Crippen molar-refractivity contribution in [3.05, 3.63) is 29.8 Å². The maximum Gasteiger partial charge on any atom is 0.324 e. The van der Waals surface area contributed by atoms with E-state index in [1.807, 2.05) is 18.7 Å². The number of methoxy groups -OCH3 is 3. The van der Waals surface area contributed by atoms with Crippen LogP contribution in [0.15, 0.2) is 24.3 Å². The third-order valence-corrected chi connectivity index (χ3v) is 12.0. The van der Waals surface area contributed by atoms with Crippen LogP contribution in [0.3, 0.4) is 0 Å². The molecule has 0 unspecified atom stereocenters. The van der Waals surface area contributed by atoms with Gasteiger partial charge in [-0.2, -0.15) is 0 Å². The third-order valence-electron chi connectivity index (χ3n) is 6.04. The van der Waals surface area contributed by atoms with Crippen LogP contribution in [0.5, 0.6) is 5.75 Å². The van der Waals surface area contributed by atoms with E-state index in [0.29, 0.717) is 18.8 Å². The minimum atomic E-state index is -4.61. The average molecular weight is 506 g/mol. The van der Waals surface area contributed by atoms with E-state index in [-0.39, 0.29) is 18.5 Å². The number of hydrogen-bond donors (Lipinski definition) is 0. The number of esters is 2. The van der Waals surface area contributed by atoms with Gasteiger partial charge in [0.15, 0.2) is 34.8 Å². The van der Waals surface area contributed by atoms with Crippen LogP contribution in [0.4, 0.5) is 0 Å². The van der Waals surface area contributed by atoms with Gasteiger partial charge in [-0.05, 0) is 37.2 Å². The number of hydrogen-bond acceptors (Lipinski definition) is 10. The Morgan fingerprint density at radius 2 is 1.30 bits per heavy atom. The molecule has 12 heteroatoms. The van der Waals surface area contributed by atoms with Crippen molar-refractivity contribution in [2.45, 2.75) is 41.3 Å². The topological polar surface area (TPSA) is 133 Å². The molecule has 186 valence electrons. The molecule has 0 radical (unpaired) electrons. The van der Waals surface area contributed by atoms with Crippen LogP contribution in [-0.2, 0) is 38.7 Å². The van der Waals surface area contributed by atoms with Gasteiger partial charge in [-0.1, -0.05) is 26.0 Å². The molecule has 2 atom stereocenters. The van der Waals surface area contributed by atoms with Crippen LogP contribution in [0.1, 0.15) is 31.7 Å². The van der Waals surface area contributed by atoms with E-state index in [1.165, 1.54) is 31.4 Å². The molecule has 0 aromatic heterocycles. The molecule has 0 amide bonds. The van der Waals surface area contributed by atoms with Gasteiger partial charge in [0.05, 0.1) is 21.3 Å². The Balaban J connectivity index is 2.75. The summed E-state index contributed by atoms with van der Waals surface area (Å²) in [4.78, 5) is 27.4. The molecule has 1 fully saturated rings. The van der Waals surface area contributed by atoms with Gasteiger partial charge in [-0.3, -0.25) is 9.59 Å². The molecule has 0 aliphatic carbocycles. The monoisotopic (exact) mass is 505 g/mol. The summed E-state index contributed by atoms with van der Waals surface area (Å²) < 4.78 is 67.1. The highest BCUT2D eigenvalue weighted by Gasteiger charge is 2.63. The first-order valence-electron chi connectivity index (χ1n) is 10.5. The number of nitrogens with zero attached hydrogens (tertiary/aromatic N) is 1. The summed E-state index contributed by atoms with van der Waals surface area (Å²) in [5.74, 6) is -3.38. The second-order valence-electron chi connectivity index (χ2n) is 7.61. The lowest BCUT2D eigenvalue weighted by molar-refractivity contribution is -0.142. The molecule has 1 aromatic rings. The predicted octanol–water partition coefficient (Wildman–Crippen LogP) is 0.763. The van der Waals surface area contributed by atoms with Gasteiger partial charge in [0.25, 0.3) is 0 Å². The summed E-state index contributed by atoms with van der Waals surface area (Å²) in [6.45, 7) is 5.05. The number of carbonyl (C=O) groups excluding carboxylic acids is 2. The first kappa shape index (κ1) is 27.1. The predicted molar refractivity (Wildman–Crippen MR) is 121 cm³/mol. The van der Waals surface area contributed by atoms with E-state index < -0.39 is 52.6 Å². The van der Waals surface area contributed by atoms with Gasteiger partial charge < -0.3 is 19.1 Å². The Labute approximate surface area is 195 Å². The summed E-state index contributed by atoms with van der Waals surface area (Å²) >= 11 is 0. The van der Waals surface area contributed by atoms with Crippen molar-refractivity contribution in [2.75, 3.05) is 41.0 Å². The third kappa shape index (κ3) is 5.17. The largest absolute Gasteiger partial charge is 0.497 e. The van der Waals surface area contributed by atoms with Crippen molar-refractivity contribution in [2.24, 2.45) is 0 Å². The lowest BCUT2D eigenvalue weighted by Crippen LogP contribution is -2.60. The van der Waals surface area contributed by atoms with Gasteiger partial charge in [-0.25, -0.2) is 16.8 Å². The Morgan fingerprint density at radius 1 is 0.848 bits per heavy atom. The summed E-state index contributed by atoms with van der Waals surface area (Å²) in [7, 11) is -5.76. The van der Waals surface area contributed by atoms with Crippen LogP contribution >= 0.6 is 0 Å². The lowest BCUT2D eigenvalue weighted by atomic mass is 9.91. The normalized spacial score (nSPS) is 25.9. The first-order valence-corrected chi connectivity index (χ1v) is 13.7. The van der Waals surface area contributed by atoms with Crippen molar-refractivity contribution in [1.82, 2.24) is 4.90 Å². The Bertz CT molecular complexity index is 994. The highest BCUT2D eigenvalue weighted by Crippen LogP contribution is 2.43. The molecule has 2 rings (SSSR count). The number of rotatable bonds is 9.